The van der Waals surface area contributed by atoms with Crippen molar-refractivity contribution in [3.05, 3.63) is 34.9 Å². The Hall–Kier alpha value is -2.30. The second-order valence-corrected chi connectivity index (χ2v) is 4.12. The third-order valence-electron chi connectivity index (χ3n) is 2.69. The van der Waals surface area contributed by atoms with Gasteiger partial charge in [-0.05, 0) is 24.6 Å². The fourth-order valence-corrected chi connectivity index (χ4v) is 1.60. The number of aliphatic hydroxyl groups is 1. The van der Waals surface area contributed by atoms with Crippen LogP contribution in [0.15, 0.2) is 18.2 Å². The molecule has 98 valence electrons. The fraction of sp³-hybridized carbons (Fsp3) is 0.333. The van der Waals surface area contributed by atoms with E-state index in [0.29, 0.717) is 24.1 Å². The summed E-state index contributed by atoms with van der Waals surface area (Å²) in [5, 5.41) is 17.2. The number of rotatable bonds is 3. The highest BCUT2D eigenvalue weighted by Gasteiger charge is 2.14. The van der Waals surface area contributed by atoms with Crippen LogP contribution in [0.25, 0.3) is 0 Å². The highest BCUT2D eigenvalue weighted by molar-refractivity contribution is 5.95. The van der Waals surface area contributed by atoms with Crippen molar-refractivity contribution in [2.75, 3.05) is 20.2 Å². The van der Waals surface area contributed by atoms with E-state index < -0.39 is 0 Å². The quantitative estimate of drug-likeness (QED) is 0.830. The predicted octanol–water partition coefficient (Wildman–Crippen LogP) is 1.32. The summed E-state index contributed by atoms with van der Waals surface area (Å²) in [5.41, 5.74) is 2.13. The van der Waals surface area contributed by atoms with E-state index in [2.05, 4.69) is 11.8 Å². The Labute approximate surface area is 113 Å². The summed E-state index contributed by atoms with van der Waals surface area (Å²) in [6.07, 6.45) is 0.311. The molecule has 1 rings (SSSR count). The minimum atomic E-state index is -0.209. The fourth-order valence-electron chi connectivity index (χ4n) is 1.60. The molecule has 0 bridgehead atoms. The first kappa shape index (κ1) is 14.8. The SMILES string of the molecule is Cc1ccc(C#CCO)cc1C(=O)N(C)CCC#N. The average Bonchev–Trinajstić information content (AvgIpc) is 2.43. The van der Waals surface area contributed by atoms with Gasteiger partial charge >= 0.3 is 0 Å². The highest BCUT2D eigenvalue weighted by atomic mass is 16.2. The topological polar surface area (TPSA) is 64.3 Å². The second-order valence-electron chi connectivity index (χ2n) is 4.12. The Morgan fingerprint density at radius 1 is 1.47 bits per heavy atom. The molecule has 0 aliphatic rings. The van der Waals surface area contributed by atoms with E-state index in [1.165, 1.54) is 4.90 Å². The first-order valence-corrected chi connectivity index (χ1v) is 5.93. The molecule has 4 nitrogen and oxygen atoms in total. The van der Waals surface area contributed by atoms with E-state index in [9.17, 15) is 4.79 Å². The van der Waals surface area contributed by atoms with Gasteiger partial charge in [0.15, 0.2) is 0 Å². The van der Waals surface area contributed by atoms with Crippen LogP contribution in [0.3, 0.4) is 0 Å². The summed E-state index contributed by atoms with van der Waals surface area (Å²) in [5.74, 6) is 5.20. The van der Waals surface area contributed by atoms with Crippen molar-refractivity contribution in [3.63, 3.8) is 0 Å². The first-order valence-electron chi connectivity index (χ1n) is 5.93. The second kappa shape index (κ2) is 7.20. The van der Waals surface area contributed by atoms with Crippen LogP contribution in [0.5, 0.6) is 0 Å². The highest BCUT2D eigenvalue weighted by Crippen LogP contribution is 2.13. The number of hydrogen-bond donors (Lipinski definition) is 1. The maximum Gasteiger partial charge on any atom is 0.253 e. The first-order chi connectivity index (χ1) is 9.10. The Morgan fingerprint density at radius 3 is 2.84 bits per heavy atom. The number of nitriles is 1. The molecule has 0 radical (unpaired) electrons. The molecule has 1 aromatic carbocycles. The lowest BCUT2D eigenvalue weighted by Crippen LogP contribution is -2.28. The standard InChI is InChI=1S/C15H16N2O2/c1-12-6-7-13(5-3-10-18)11-14(12)15(19)17(2)9-4-8-16/h6-7,11,18H,4,9-10H2,1-2H3. The minimum Gasteiger partial charge on any atom is -0.384 e. The molecule has 0 saturated carbocycles. The molecule has 0 heterocycles. The summed E-state index contributed by atoms with van der Waals surface area (Å²) in [6.45, 7) is 2.05. The molecule has 0 aliphatic carbocycles. The summed E-state index contributed by atoms with van der Waals surface area (Å²) in [6, 6.07) is 7.36. The molecule has 0 atom stereocenters. The summed E-state index contributed by atoms with van der Waals surface area (Å²) in [4.78, 5) is 13.7. The maximum absolute atomic E-state index is 12.2. The van der Waals surface area contributed by atoms with Crippen molar-refractivity contribution in [2.45, 2.75) is 13.3 Å². The molecule has 1 aromatic rings. The smallest absolute Gasteiger partial charge is 0.253 e. The van der Waals surface area contributed by atoms with E-state index in [4.69, 9.17) is 10.4 Å². The molecule has 0 aliphatic heterocycles. The Kier molecular flexibility index (Phi) is 5.60. The van der Waals surface area contributed by atoms with Crippen molar-refractivity contribution in [3.8, 4) is 17.9 Å². The van der Waals surface area contributed by atoms with Crippen LogP contribution in [0, 0.1) is 30.1 Å². The van der Waals surface area contributed by atoms with Crippen LogP contribution in [-0.4, -0.2) is 36.1 Å². The predicted molar refractivity (Wildman–Crippen MR) is 72.3 cm³/mol. The third-order valence-corrected chi connectivity index (χ3v) is 2.69. The van der Waals surface area contributed by atoms with Gasteiger partial charge in [-0.3, -0.25) is 4.79 Å². The average molecular weight is 256 g/mol. The third kappa shape index (κ3) is 4.13. The molecular weight excluding hydrogens is 240 g/mol. The molecule has 0 spiro atoms. The zero-order valence-electron chi connectivity index (χ0n) is 11.1. The normalized spacial score (nSPS) is 9.16. The molecule has 1 amide bonds. The molecule has 1 N–H and O–H groups in total. The Balaban J connectivity index is 2.99. The summed E-state index contributed by atoms with van der Waals surface area (Å²) < 4.78 is 0. The van der Waals surface area contributed by atoms with Crippen LogP contribution < -0.4 is 0 Å². The molecular formula is C15H16N2O2. The van der Waals surface area contributed by atoms with Crippen molar-refractivity contribution >= 4 is 5.91 Å². The number of nitrogens with zero attached hydrogens (tertiary/aromatic N) is 2. The number of hydrogen-bond acceptors (Lipinski definition) is 3. The largest absolute Gasteiger partial charge is 0.384 e. The number of aliphatic hydroxyl groups excluding tert-OH is 1. The maximum atomic E-state index is 12.2. The van der Waals surface area contributed by atoms with Crippen molar-refractivity contribution in [2.24, 2.45) is 0 Å². The Bertz CT molecular complexity index is 562. The van der Waals surface area contributed by atoms with Gasteiger partial charge in [-0.2, -0.15) is 5.26 Å². The lowest BCUT2D eigenvalue weighted by Gasteiger charge is -2.17. The van der Waals surface area contributed by atoms with Gasteiger partial charge in [-0.25, -0.2) is 0 Å². The van der Waals surface area contributed by atoms with Gasteiger partial charge in [0.2, 0.25) is 0 Å². The van der Waals surface area contributed by atoms with Crippen molar-refractivity contribution in [1.29, 1.82) is 5.26 Å². The van der Waals surface area contributed by atoms with E-state index in [0.717, 1.165) is 5.56 Å². The zero-order valence-corrected chi connectivity index (χ0v) is 11.1. The van der Waals surface area contributed by atoms with Crippen LogP contribution >= 0.6 is 0 Å². The minimum absolute atomic E-state index is 0.125. The molecule has 19 heavy (non-hydrogen) atoms. The van der Waals surface area contributed by atoms with Crippen molar-refractivity contribution < 1.29 is 9.90 Å². The van der Waals surface area contributed by atoms with Crippen LogP contribution in [-0.2, 0) is 0 Å². The summed E-state index contributed by atoms with van der Waals surface area (Å²) >= 11 is 0. The van der Waals surface area contributed by atoms with Gasteiger partial charge in [0, 0.05) is 24.7 Å². The van der Waals surface area contributed by atoms with E-state index in [-0.39, 0.29) is 12.5 Å². The lowest BCUT2D eigenvalue weighted by atomic mass is 10.0. The number of amides is 1. The van der Waals surface area contributed by atoms with Gasteiger partial charge in [0.25, 0.3) is 5.91 Å². The monoisotopic (exact) mass is 256 g/mol. The number of carbonyl (C=O) groups excluding carboxylic acids is 1. The number of benzene rings is 1. The van der Waals surface area contributed by atoms with E-state index >= 15 is 0 Å². The summed E-state index contributed by atoms with van der Waals surface area (Å²) in [7, 11) is 1.67. The number of carbonyl (C=O) groups is 1. The van der Waals surface area contributed by atoms with E-state index in [1.807, 2.05) is 25.1 Å². The van der Waals surface area contributed by atoms with Crippen LogP contribution in [0.2, 0.25) is 0 Å². The van der Waals surface area contributed by atoms with Gasteiger partial charge < -0.3 is 10.0 Å². The molecule has 0 fully saturated rings. The zero-order chi connectivity index (χ0) is 14.3. The van der Waals surface area contributed by atoms with Crippen LogP contribution in [0.4, 0.5) is 0 Å². The molecule has 0 unspecified atom stereocenters. The number of aryl methyl sites for hydroxylation is 1. The molecule has 0 aromatic heterocycles. The lowest BCUT2D eigenvalue weighted by molar-refractivity contribution is 0.0797. The van der Waals surface area contributed by atoms with Gasteiger partial charge in [0.1, 0.15) is 6.61 Å². The van der Waals surface area contributed by atoms with Gasteiger partial charge in [-0.15, -0.1) is 0 Å². The molecule has 4 heteroatoms. The van der Waals surface area contributed by atoms with Crippen molar-refractivity contribution in [1.82, 2.24) is 4.90 Å². The van der Waals surface area contributed by atoms with Crippen LogP contribution in [0.1, 0.15) is 27.9 Å². The van der Waals surface area contributed by atoms with Gasteiger partial charge in [0.05, 0.1) is 12.5 Å². The molecule has 0 saturated heterocycles. The van der Waals surface area contributed by atoms with Gasteiger partial charge in [-0.1, -0.05) is 17.9 Å². The van der Waals surface area contributed by atoms with E-state index in [1.54, 1.807) is 13.1 Å². The Morgan fingerprint density at radius 2 is 2.21 bits per heavy atom.